The number of nitrogens with zero attached hydrogens (tertiary/aromatic N) is 5. The number of amidine groups is 2. The van der Waals surface area contributed by atoms with Crippen LogP contribution in [0.4, 0.5) is 5.69 Å². The van der Waals surface area contributed by atoms with Crippen molar-refractivity contribution in [1.82, 2.24) is 9.58 Å². The number of thioether (sulfide) groups is 1. The Morgan fingerprint density at radius 1 is 1.31 bits per heavy atom. The van der Waals surface area contributed by atoms with Crippen LogP contribution in [0.25, 0.3) is 11.8 Å². The Hall–Kier alpha value is -3.24. The summed E-state index contributed by atoms with van der Waals surface area (Å²) in [6.07, 6.45) is 3.28. The molecule has 164 valence electrons. The number of nitrogens with one attached hydrogen (secondary N) is 1. The van der Waals surface area contributed by atoms with Gasteiger partial charge in [0.05, 0.1) is 16.2 Å². The number of aliphatic imine (C=N–C) groups is 1. The average Bonchev–Trinajstić information content (AvgIpc) is 3.26. The number of nitro benzene ring substituents is 1. The Labute approximate surface area is 193 Å². The number of amides is 1. The second-order valence-electron chi connectivity index (χ2n) is 7.32. The third-order valence-corrected chi connectivity index (χ3v) is 6.40. The maximum absolute atomic E-state index is 12.7. The molecule has 1 amide bonds. The van der Waals surface area contributed by atoms with Gasteiger partial charge in [0.25, 0.3) is 11.6 Å². The summed E-state index contributed by atoms with van der Waals surface area (Å²) in [5.74, 6) is -0.515. The van der Waals surface area contributed by atoms with E-state index in [2.05, 4.69) is 10.1 Å². The van der Waals surface area contributed by atoms with Crippen LogP contribution in [-0.2, 0) is 4.79 Å². The molecule has 0 radical (unpaired) electrons. The van der Waals surface area contributed by atoms with Gasteiger partial charge in [0.15, 0.2) is 5.84 Å². The summed E-state index contributed by atoms with van der Waals surface area (Å²) in [5.41, 5.74) is 2.80. The quantitative estimate of drug-likeness (QED) is 0.371. The van der Waals surface area contributed by atoms with E-state index in [0.29, 0.717) is 16.4 Å². The van der Waals surface area contributed by atoms with Crippen LogP contribution in [0.1, 0.15) is 36.7 Å². The first-order chi connectivity index (χ1) is 15.2. The van der Waals surface area contributed by atoms with Gasteiger partial charge in [0, 0.05) is 17.5 Å². The number of carbonyl (C=O) groups is 1. The van der Waals surface area contributed by atoms with E-state index in [1.54, 1.807) is 12.1 Å². The summed E-state index contributed by atoms with van der Waals surface area (Å²) in [4.78, 5) is 27.5. The van der Waals surface area contributed by atoms with Crippen LogP contribution in [0.3, 0.4) is 0 Å². The molecular formula is C21H19ClN6O3S. The maximum Gasteiger partial charge on any atom is 0.289 e. The first kappa shape index (κ1) is 22.0. The lowest BCUT2D eigenvalue weighted by molar-refractivity contribution is -0.384. The number of rotatable bonds is 5. The number of hydrogen-bond donors (Lipinski definition) is 1. The highest BCUT2D eigenvalue weighted by atomic mass is 35.5. The fourth-order valence-electron chi connectivity index (χ4n) is 3.61. The standard InChI is InChI=1S/C21H19ClN6O3S/c1-4-5-18-25-27-19(23)15(20(29)24-21(27)32-18)9-13-8-11(2)26(12(13)3)14-6-7-16(22)17(10-14)28(30)31/h6-10,23H,4-5H2,1-3H3/b15-9-,23-19?. The highest BCUT2D eigenvalue weighted by Crippen LogP contribution is 2.32. The third-order valence-electron chi connectivity index (χ3n) is 5.11. The molecule has 0 unspecified atom stereocenters. The highest BCUT2D eigenvalue weighted by molar-refractivity contribution is 8.26. The number of hydrazone groups is 1. The molecule has 0 atom stereocenters. The number of fused-ring (bicyclic) bond motifs is 1. The van der Waals surface area contributed by atoms with Crippen LogP contribution in [-0.4, -0.2) is 36.5 Å². The number of carbonyl (C=O) groups excluding carboxylic acids is 1. The fourth-order valence-corrected chi connectivity index (χ4v) is 4.79. The Morgan fingerprint density at radius 3 is 2.75 bits per heavy atom. The van der Waals surface area contributed by atoms with E-state index in [-0.39, 0.29) is 22.1 Å². The molecule has 1 aromatic carbocycles. The van der Waals surface area contributed by atoms with Crippen LogP contribution >= 0.6 is 23.4 Å². The van der Waals surface area contributed by atoms with Crippen LogP contribution < -0.4 is 0 Å². The number of hydrogen-bond acceptors (Lipinski definition) is 6. The van der Waals surface area contributed by atoms with Gasteiger partial charge in [-0.05, 0) is 68.3 Å². The smallest absolute Gasteiger partial charge is 0.289 e. The summed E-state index contributed by atoms with van der Waals surface area (Å²) in [5, 5.41) is 26.9. The zero-order valence-corrected chi connectivity index (χ0v) is 19.1. The zero-order chi connectivity index (χ0) is 23.2. The molecule has 2 aliphatic heterocycles. The third kappa shape index (κ3) is 3.76. The minimum Gasteiger partial charge on any atom is -0.318 e. The van der Waals surface area contributed by atoms with Crippen LogP contribution in [0.15, 0.2) is 39.9 Å². The molecule has 0 aliphatic carbocycles. The van der Waals surface area contributed by atoms with E-state index in [4.69, 9.17) is 17.0 Å². The summed E-state index contributed by atoms with van der Waals surface area (Å²) in [6.45, 7) is 5.74. The molecule has 0 saturated heterocycles. The molecule has 0 saturated carbocycles. The van der Waals surface area contributed by atoms with Gasteiger partial charge in [0.2, 0.25) is 5.17 Å². The number of nitro groups is 1. The lowest BCUT2D eigenvalue weighted by atomic mass is 10.1. The van der Waals surface area contributed by atoms with Gasteiger partial charge >= 0.3 is 0 Å². The van der Waals surface area contributed by atoms with Gasteiger partial charge in [-0.1, -0.05) is 18.5 Å². The van der Waals surface area contributed by atoms with E-state index in [9.17, 15) is 14.9 Å². The Balaban J connectivity index is 1.74. The van der Waals surface area contributed by atoms with E-state index < -0.39 is 10.8 Å². The van der Waals surface area contributed by atoms with E-state index in [0.717, 1.165) is 29.3 Å². The van der Waals surface area contributed by atoms with Crippen molar-refractivity contribution in [2.24, 2.45) is 10.1 Å². The summed E-state index contributed by atoms with van der Waals surface area (Å²) < 4.78 is 1.84. The molecule has 3 heterocycles. The van der Waals surface area contributed by atoms with Crippen molar-refractivity contribution < 1.29 is 9.72 Å². The molecular weight excluding hydrogens is 452 g/mol. The number of halogens is 1. The average molecular weight is 471 g/mol. The van der Waals surface area contributed by atoms with E-state index in [1.165, 1.54) is 28.9 Å². The van der Waals surface area contributed by atoms with E-state index >= 15 is 0 Å². The Bertz CT molecular complexity index is 1280. The second-order valence-corrected chi connectivity index (χ2v) is 8.77. The van der Waals surface area contributed by atoms with Crippen molar-refractivity contribution in [1.29, 1.82) is 5.41 Å². The molecule has 9 nitrogen and oxygen atoms in total. The molecule has 11 heteroatoms. The predicted octanol–water partition coefficient (Wildman–Crippen LogP) is 5.08. The minimum absolute atomic E-state index is 0.0227. The van der Waals surface area contributed by atoms with Crippen LogP contribution in [0.5, 0.6) is 0 Å². The fraction of sp³-hybridized carbons (Fsp3) is 0.238. The number of aryl methyl sites for hydroxylation is 1. The van der Waals surface area contributed by atoms with Gasteiger partial charge in [-0.3, -0.25) is 20.3 Å². The molecule has 32 heavy (non-hydrogen) atoms. The highest BCUT2D eigenvalue weighted by Gasteiger charge is 2.35. The predicted molar refractivity (Wildman–Crippen MR) is 127 cm³/mol. The summed E-state index contributed by atoms with van der Waals surface area (Å²) in [6, 6.07) is 6.45. The molecule has 4 rings (SSSR count). The van der Waals surface area contributed by atoms with E-state index in [1.807, 2.05) is 31.4 Å². The van der Waals surface area contributed by atoms with Crippen molar-refractivity contribution in [3.05, 3.63) is 61.9 Å². The van der Waals surface area contributed by atoms with Crippen LogP contribution in [0.2, 0.25) is 5.02 Å². The van der Waals surface area contributed by atoms with Crippen molar-refractivity contribution in [2.45, 2.75) is 33.6 Å². The first-order valence-electron chi connectivity index (χ1n) is 9.83. The van der Waals surface area contributed by atoms with Gasteiger partial charge < -0.3 is 4.57 Å². The maximum atomic E-state index is 12.7. The molecule has 1 aromatic heterocycles. The van der Waals surface area contributed by atoms with Crippen molar-refractivity contribution in [2.75, 3.05) is 0 Å². The number of benzene rings is 1. The monoisotopic (exact) mass is 470 g/mol. The molecule has 0 bridgehead atoms. The minimum atomic E-state index is -0.526. The molecule has 1 N–H and O–H groups in total. The Morgan fingerprint density at radius 2 is 2.06 bits per heavy atom. The van der Waals surface area contributed by atoms with Gasteiger partial charge in [0.1, 0.15) is 10.1 Å². The van der Waals surface area contributed by atoms with Crippen LogP contribution in [0, 0.1) is 29.4 Å². The summed E-state index contributed by atoms with van der Waals surface area (Å²) >= 11 is 7.26. The van der Waals surface area contributed by atoms with Gasteiger partial charge in [-0.25, -0.2) is 0 Å². The second kappa shape index (κ2) is 8.36. The van der Waals surface area contributed by atoms with Crippen molar-refractivity contribution in [3.63, 3.8) is 0 Å². The van der Waals surface area contributed by atoms with Crippen molar-refractivity contribution >= 4 is 57.1 Å². The molecule has 2 aromatic rings. The largest absolute Gasteiger partial charge is 0.318 e. The normalized spacial score (nSPS) is 17.0. The van der Waals surface area contributed by atoms with Crippen molar-refractivity contribution in [3.8, 4) is 5.69 Å². The Kier molecular flexibility index (Phi) is 5.74. The summed E-state index contributed by atoms with van der Waals surface area (Å²) in [7, 11) is 0. The first-order valence-corrected chi connectivity index (χ1v) is 11.0. The number of aromatic nitrogens is 1. The lowest BCUT2D eigenvalue weighted by Gasteiger charge is -2.20. The lowest BCUT2D eigenvalue weighted by Crippen LogP contribution is -2.35. The molecule has 0 spiro atoms. The van der Waals surface area contributed by atoms with Gasteiger partial charge in [-0.15, -0.1) is 0 Å². The zero-order valence-electron chi connectivity index (χ0n) is 17.5. The topological polar surface area (TPSA) is 117 Å². The molecule has 0 fully saturated rings. The van der Waals surface area contributed by atoms with Gasteiger partial charge in [-0.2, -0.15) is 15.1 Å². The SMILES string of the molecule is CCCC1=NN2C(=N)/C(=C/c3cc(C)n(-c4ccc(Cl)c([N+](=O)[O-])c4)c3C)C(=O)N=C2S1. The molecule has 2 aliphatic rings.